The van der Waals surface area contributed by atoms with E-state index in [9.17, 15) is 8.78 Å². The molecule has 1 aliphatic carbocycles. The average Bonchev–Trinajstić information content (AvgIpc) is 3.50. The number of pyridine rings is 1. The van der Waals surface area contributed by atoms with Crippen molar-refractivity contribution in [1.29, 1.82) is 0 Å². The van der Waals surface area contributed by atoms with Crippen LogP contribution >= 0.6 is 23.5 Å². The van der Waals surface area contributed by atoms with Crippen LogP contribution in [0.15, 0.2) is 55.0 Å². The molecule has 5 rings (SSSR count). The zero-order valence-corrected chi connectivity index (χ0v) is 20.4. The first kappa shape index (κ1) is 23.8. The summed E-state index contributed by atoms with van der Waals surface area (Å²) in [5.41, 5.74) is 1.86. The van der Waals surface area contributed by atoms with Crippen LogP contribution in [0, 0.1) is 24.4 Å². The van der Waals surface area contributed by atoms with Gasteiger partial charge in [0.2, 0.25) is 0 Å². The number of nitrogens with one attached hydrogen (secondary N) is 1. The monoisotopic (exact) mass is 514 g/mol. The number of halogens is 4. The van der Waals surface area contributed by atoms with E-state index in [1.807, 2.05) is 0 Å². The topological polar surface area (TPSA) is 42.7 Å². The van der Waals surface area contributed by atoms with Crippen LogP contribution in [0.3, 0.4) is 0 Å². The Balaban J connectivity index is 1.64. The molecule has 35 heavy (non-hydrogen) atoms. The van der Waals surface area contributed by atoms with Crippen LogP contribution in [-0.2, 0) is 0 Å². The number of aryl methyl sites for hydroxylation is 1. The zero-order chi connectivity index (χ0) is 24.5. The molecule has 9 heteroatoms. The third kappa shape index (κ3) is 4.90. The molecule has 2 aromatic heterocycles. The van der Waals surface area contributed by atoms with E-state index in [4.69, 9.17) is 11.6 Å². The maximum absolute atomic E-state index is 15.8. The molecule has 180 valence electrons. The first-order chi connectivity index (χ1) is 16.9. The van der Waals surface area contributed by atoms with Gasteiger partial charge in [0.15, 0.2) is 17.5 Å². The molecule has 2 heterocycles. The first-order valence-electron chi connectivity index (χ1n) is 11.3. The number of rotatable bonds is 6. The largest absolute Gasteiger partial charge is 0.327 e. The fourth-order valence-electron chi connectivity index (χ4n) is 4.33. The van der Waals surface area contributed by atoms with Gasteiger partial charge in [0.25, 0.3) is 0 Å². The second-order valence-electron chi connectivity index (χ2n) is 8.59. The van der Waals surface area contributed by atoms with Crippen LogP contribution < -0.4 is 4.72 Å². The Morgan fingerprint density at radius 2 is 1.69 bits per heavy atom. The second-order valence-corrected chi connectivity index (χ2v) is 10.1. The van der Waals surface area contributed by atoms with Crippen LogP contribution in [-0.4, -0.2) is 20.0 Å². The minimum atomic E-state index is -0.764. The minimum absolute atomic E-state index is 0.179. The standard InChI is InChI=1S/C26H22ClF3N4S/c1-15-10-21(28)26(22(29)11-15)34-14-20(25(32-34)16-6-8-31-9-7-16)19-12-17(27)13-23(24(19)30)33-35-18-4-2-3-5-18/h6-14,18,33H,2-5H2,1H3. The molecule has 0 atom stereocenters. The van der Waals surface area contributed by atoms with Gasteiger partial charge in [0.1, 0.15) is 11.4 Å². The third-order valence-electron chi connectivity index (χ3n) is 6.02. The molecule has 1 fully saturated rings. The van der Waals surface area contributed by atoms with Gasteiger partial charge in [0, 0.05) is 45.6 Å². The molecule has 1 aliphatic rings. The lowest BCUT2D eigenvalue weighted by Crippen LogP contribution is -2.03. The van der Waals surface area contributed by atoms with Crippen LogP contribution in [0.4, 0.5) is 18.9 Å². The number of aromatic nitrogens is 3. The van der Waals surface area contributed by atoms with Gasteiger partial charge >= 0.3 is 0 Å². The van der Waals surface area contributed by atoms with Crippen molar-refractivity contribution < 1.29 is 13.2 Å². The van der Waals surface area contributed by atoms with Crippen molar-refractivity contribution in [1.82, 2.24) is 14.8 Å². The number of hydrogen-bond donors (Lipinski definition) is 1. The van der Waals surface area contributed by atoms with Crippen molar-refractivity contribution in [3.8, 4) is 28.1 Å². The van der Waals surface area contributed by atoms with Gasteiger partial charge in [-0.3, -0.25) is 4.98 Å². The van der Waals surface area contributed by atoms with E-state index in [1.165, 1.54) is 55.3 Å². The van der Waals surface area contributed by atoms with E-state index in [0.29, 0.717) is 32.7 Å². The Kier molecular flexibility index (Phi) is 6.75. The molecule has 4 aromatic rings. The molecule has 0 aliphatic heterocycles. The van der Waals surface area contributed by atoms with Gasteiger partial charge in [-0.05, 0) is 73.7 Å². The van der Waals surface area contributed by atoms with Crippen molar-refractivity contribution in [3.63, 3.8) is 0 Å². The summed E-state index contributed by atoms with van der Waals surface area (Å²) in [5.74, 6) is -2.04. The van der Waals surface area contributed by atoms with Gasteiger partial charge in [-0.1, -0.05) is 24.4 Å². The highest BCUT2D eigenvalue weighted by Gasteiger charge is 2.23. The van der Waals surface area contributed by atoms with Crippen molar-refractivity contribution in [3.05, 3.63) is 83.0 Å². The Bertz CT molecular complexity index is 1350. The van der Waals surface area contributed by atoms with Gasteiger partial charge in [-0.25, -0.2) is 17.9 Å². The van der Waals surface area contributed by atoms with Gasteiger partial charge in [0.05, 0.1) is 5.69 Å². The zero-order valence-electron chi connectivity index (χ0n) is 18.9. The normalized spacial score (nSPS) is 14.0. The highest BCUT2D eigenvalue weighted by molar-refractivity contribution is 8.01. The molecule has 1 N–H and O–H groups in total. The van der Waals surface area contributed by atoms with Gasteiger partial charge < -0.3 is 4.72 Å². The highest BCUT2D eigenvalue weighted by Crippen LogP contribution is 2.39. The lowest BCUT2D eigenvalue weighted by atomic mass is 10.0. The lowest BCUT2D eigenvalue weighted by molar-refractivity contribution is 0.558. The Labute approximate surface area is 210 Å². The molecule has 0 amide bonds. The van der Waals surface area contributed by atoms with Crippen LogP contribution in [0.1, 0.15) is 31.2 Å². The van der Waals surface area contributed by atoms with Gasteiger partial charge in [-0.2, -0.15) is 5.10 Å². The van der Waals surface area contributed by atoms with Crippen LogP contribution in [0.25, 0.3) is 28.1 Å². The van der Waals surface area contributed by atoms with Crippen molar-refractivity contribution in [2.45, 2.75) is 37.9 Å². The first-order valence-corrected chi connectivity index (χ1v) is 12.5. The van der Waals surface area contributed by atoms with Crippen molar-refractivity contribution in [2.24, 2.45) is 0 Å². The predicted molar refractivity (Wildman–Crippen MR) is 135 cm³/mol. The molecule has 0 spiro atoms. The number of anilines is 1. The van der Waals surface area contributed by atoms with Gasteiger partial charge in [-0.15, -0.1) is 0 Å². The summed E-state index contributed by atoms with van der Waals surface area (Å²) in [6.45, 7) is 1.60. The Hall–Kier alpha value is -2.97. The smallest absolute Gasteiger partial charge is 0.155 e. The fraction of sp³-hybridized carbons (Fsp3) is 0.231. The molecule has 2 aromatic carbocycles. The molecule has 0 saturated heterocycles. The highest BCUT2D eigenvalue weighted by atomic mass is 35.5. The summed E-state index contributed by atoms with van der Waals surface area (Å²) >= 11 is 7.88. The van der Waals surface area contributed by atoms with Crippen LogP contribution in [0.2, 0.25) is 5.02 Å². The summed E-state index contributed by atoms with van der Waals surface area (Å²) in [7, 11) is 0. The molecule has 4 nitrogen and oxygen atoms in total. The van der Waals surface area contributed by atoms with E-state index in [-0.39, 0.29) is 16.9 Å². The fourth-order valence-corrected chi connectivity index (χ4v) is 5.56. The molecule has 0 bridgehead atoms. The number of nitrogens with zero attached hydrogens (tertiary/aromatic N) is 3. The van der Waals surface area contributed by atoms with E-state index in [1.54, 1.807) is 31.5 Å². The van der Waals surface area contributed by atoms with E-state index < -0.39 is 17.5 Å². The SMILES string of the molecule is Cc1cc(F)c(-n2cc(-c3cc(Cl)cc(NSC4CCCC4)c3F)c(-c3ccncc3)n2)c(F)c1. The van der Waals surface area contributed by atoms with E-state index >= 15 is 4.39 Å². The summed E-state index contributed by atoms with van der Waals surface area (Å²) < 4.78 is 49.6. The maximum Gasteiger partial charge on any atom is 0.155 e. The summed E-state index contributed by atoms with van der Waals surface area (Å²) in [4.78, 5) is 4.02. The average molecular weight is 515 g/mol. The third-order valence-corrected chi connectivity index (χ3v) is 7.38. The van der Waals surface area contributed by atoms with E-state index in [2.05, 4.69) is 14.8 Å². The quantitative estimate of drug-likeness (QED) is 0.265. The molecular formula is C26H22ClF3N4S. The Morgan fingerprint density at radius 3 is 2.37 bits per heavy atom. The second kappa shape index (κ2) is 9.95. The van der Waals surface area contributed by atoms with Crippen LogP contribution in [0.5, 0.6) is 0 Å². The molecule has 1 saturated carbocycles. The van der Waals surface area contributed by atoms with Crippen molar-refractivity contribution >= 4 is 29.2 Å². The summed E-state index contributed by atoms with van der Waals surface area (Å²) in [6, 6.07) is 8.90. The maximum atomic E-state index is 15.8. The van der Waals surface area contributed by atoms with E-state index in [0.717, 1.165) is 17.5 Å². The van der Waals surface area contributed by atoms with Crippen molar-refractivity contribution in [2.75, 3.05) is 4.72 Å². The summed E-state index contributed by atoms with van der Waals surface area (Å²) in [6.07, 6.45) is 9.08. The molecule has 0 unspecified atom stereocenters. The predicted octanol–water partition coefficient (Wildman–Crippen LogP) is 7.98. The summed E-state index contributed by atoms with van der Waals surface area (Å²) in [5, 5.41) is 5.21. The molecule has 0 radical (unpaired) electrons. The Morgan fingerprint density at radius 1 is 1.00 bits per heavy atom. The minimum Gasteiger partial charge on any atom is -0.327 e. The number of hydrogen-bond acceptors (Lipinski definition) is 4. The molecular weight excluding hydrogens is 493 g/mol. The lowest BCUT2D eigenvalue weighted by Gasteiger charge is -2.14. The number of benzene rings is 2.